The van der Waals surface area contributed by atoms with Crippen LogP contribution >= 0.6 is 0 Å². The molecule has 33 heavy (non-hydrogen) atoms. The second-order valence-electron chi connectivity index (χ2n) is 9.48. The van der Waals surface area contributed by atoms with Gasteiger partial charge in [0.25, 0.3) is 0 Å². The zero-order valence-electron chi connectivity index (χ0n) is 19.5. The number of methoxy groups -OCH3 is 1. The number of fused-ring (bicyclic) bond motifs is 1. The van der Waals surface area contributed by atoms with E-state index in [1.807, 2.05) is 26.8 Å². The van der Waals surface area contributed by atoms with Crippen LogP contribution in [-0.4, -0.2) is 85.1 Å². The number of urea groups is 1. The molecule has 4 rings (SSSR count). The minimum Gasteiger partial charge on any atom is -0.494 e. The Morgan fingerprint density at radius 1 is 1.06 bits per heavy atom. The summed E-state index contributed by atoms with van der Waals surface area (Å²) in [5.41, 5.74) is 1.62. The molecule has 0 radical (unpaired) electrons. The predicted octanol–water partition coefficient (Wildman–Crippen LogP) is 1.80. The Morgan fingerprint density at radius 3 is 2.36 bits per heavy atom. The minimum absolute atomic E-state index is 0.144. The van der Waals surface area contributed by atoms with Crippen molar-refractivity contribution in [2.75, 3.05) is 44.7 Å². The first-order valence-corrected chi connectivity index (χ1v) is 11.2. The van der Waals surface area contributed by atoms with Gasteiger partial charge in [0.1, 0.15) is 17.4 Å². The molecule has 4 amide bonds. The minimum atomic E-state index is -0.652. The summed E-state index contributed by atoms with van der Waals surface area (Å²) in [6.45, 7) is 7.97. The first kappa shape index (κ1) is 22.9. The molecule has 1 N–H and O–H groups in total. The molecule has 2 fully saturated rings. The first-order valence-electron chi connectivity index (χ1n) is 11.2. The lowest BCUT2D eigenvalue weighted by molar-refractivity contribution is -0.121. The van der Waals surface area contributed by atoms with E-state index in [-0.39, 0.29) is 30.7 Å². The highest BCUT2D eigenvalue weighted by Crippen LogP contribution is 2.40. The predicted molar refractivity (Wildman–Crippen MR) is 120 cm³/mol. The van der Waals surface area contributed by atoms with E-state index in [1.54, 1.807) is 18.1 Å². The summed E-state index contributed by atoms with van der Waals surface area (Å²) in [7, 11) is 1.57. The van der Waals surface area contributed by atoms with Gasteiger partial charge in [-0.2, -0.15) is 0 Å². The van der Waals surface area contributed by atoms with Crippen molar-refractivity contribution in [3.05, 3.63) is 23.3 Å². The second-order valence-corrected chi connectivity index (χ2v) is 9.48. The lowest BCUT2D eigenvalue weighted by Crippen LogP contribution is -2.55. The fourth-order valence-electron chi connectivity index (χ4n) is 4.57. The number of nitrogens with one attached hydrogen (secondary N) is 1. The number of imide groups is 1. The van der Waals surface area contributed by atoms with Crippen LogP contribution in [-0.2, 0) is 16.0 Å². The molecule has 3 aliphatic rings. The van der Waals surface area contributed by atoms with Crippen molar-refractivity contribution in [1.29, 1.82) is 0 Å². The van der Waals surface area contributed by atoms with Gasteiger partial charge in [0, 0.05) is 56.7 Å². The third kappa shape index (κ3) is 4.46. The summed E-state index contributed by atoms with van der Waals surface area (Å²) in [5, 5.41) is 2.29. The maximum atomic E-state index is 13.1. The van der Waals surface area contributed by atoms with Gasteiger partial charge in [0.15, 0.2) is 5.78 Å². The van der Waals surface area contributed by atoms with Crippen LogP contribution in [0.1, 0.15) is 43.1 Å². The Kier molecular flexibility index (Phi) is 5.94. The second kappa shape index (κ2) is 8.57. The average molecular weight is 459 g/mol. The maximum Gasteiger partial charge on any atom is 0.410 e. The topological polar surface area (TPSA) is 108 Å². The summed E-state index contributed by atoms with van der Waals surface area (Å²) in [6, 6.07) is 2.46. The van der Waals surface area contributed by atoms with Gasteiger partial charge in [-0.3, -0.25) is 14.9 Å². The molecule has 178 valence electrons. The van der Waals surface area contributed by atoms with Crippen molar-refractivity contribution in [3.8, 4) is 5.75 Å². The highest BCUT2D eigenvalue weighted by atomic mass is 16.6. The molecular weight excluding hydrogens is 428 g/mol. The summed E-state index contributed by atoms with van der Waals surface area (Å²) in [4.78, 5) is 54.5. The number of anilines is 1. The van der Waals surface area contributed by atoms with Crippen LogP contribution in [0.25, 0.3) is 0 Å². The van der Waals surface area contributed by atoms with E-state index < -0.39 is 17.7 Å². The van der Waals surface area contributed by atoms with Crippen LogP contribution in [0, 0.1) is 0 Å². The van der Waals surface area contributed by atoms with Gasteiger partial charge in [0.05, 0.1) is 12.8 Å². The van der Waals surface area contributed by atoms with Gasteiger partial charge in [-0.1, -0.05) is 0 Å². The fourth-order valence-corrected chi connectivity index (χ4v) is 4.57. The van der Waals surface area contributed by atoms with E-state index in [0.717, 1.165) is 11.3 Å². The van der Waals surface area contributed by atoms with Crippen LogP contribution in [0.4, 0.5) is 15.3 Å². The van der Waals surface area contributed by atoms with Crippen LogP contribution in [0.3, 0.4) is 0 Å². The molecule has 2 saturated heterocycles. The van der Waals surface area contributed by atoms with Crippen molar-refractivity contribution in [2.24, 2.45) is 0 Å². The molecule has 0 saturated carbocycles. The zero-order valence-corrected chi connectivity index (χ0v) is 19.5. The maximum absolute atomic E-state index is 13.1. The molecule has 10 heteroatoms. The van der Waals surface area contributed by atoms with Crippen LogP contribution in [0.2, 0.25) is 0 Å². The fraction of sp³-hybridized carbons (Fsp3) is 0.565. The Hall–Kier alpha value is -3.30. The molecule has 2 aliphatic heterocycles. The third-order valence-electron chi connectivity index (χ3n) is 6.14. The number of nitrogens with zero attached hydrogens (tertiary/aromatic N) is 3. The SMILES string of the molecule is COc1c(N2CCN(C(=O)OC(C)(C)C)CC2)ccc2c1CC(N1CCC(=O)NC1=O)C2=O. The summed E-state index contributed by atoms with van der Waals surface area (Å²) in [6.07, 6.45) is 0.190. The smallest absolute Gasteiger partial charge is 0.410 e. The number of rotatable bonds is 3. The quantitative estimate of drug-likeness (QED) is 0.736. The number of carbonyl (C=O) groups is 4. The number of Topliss-reactive ketones (excluding diaryl/α,β-unsaturated/α-hetero) is 1. The van der Waals surface area contributed by atoms with Crippen LogP contribution in [0.15, 0.2) is 12.1 Å². The van der Waals surface area contributed by atoms with Gasteiger partial charge < -0.3 is 24.2 Å². The first-order chi connectivity index (χ1) is 15.6. The average Bonchev–Trinajstić information content (AvgIpc) is 3.08. The number of ketones is 1. The molecule has 1 aromatic rings. The number of hydrogen-bond donors (Lipinski definition) is 1. The Morgan fingerprint density at radius 2 is 1.76 bits per heavy atom. The molecule has 0 spiro atoms. The Balaban J connectivity index is 1.50. The van der Waals surface area contributed by atoms with E-state index in [0.29, 0.717) is 43.9 Å². The van der Waals surface area contributed by atoms with E-state index >= 15 is 0 Å². The number of piperazine rings is 1. The molecule has 1 atom stereocenters. The summed E-state index contributed by atoms with van der Waals surface area (Å²) in [5.74, 6) is 0.140. The van der Waals surface area contributed by atoms with Crippen molar-refractivity contribution >= 4 is 29.5 Å². The number of hydrogen-bond acceptors (Lipinski definition) is 7. The molecule has 0 bridgehead atoms. The summed E-state index contributed by atoms with van der Waals surface area (Å²) < 4.78 is 11.2. The van der Waals surface area contributed by atoms with Crippen molar-refractivity contribution in [1.82, 2.24) is 15.1 Å². The van der Waals surface area contributed by atoms with E-state index in [9.17, 15) is 19.2 Å². The van der Waals surface area contributed by atoms with Gasteiger partial charge in [-0.25, -0.2) is 9.59 Å². The number of amides is 4. The number of ether oxygens (including phenoxy) is 2. The lowest BCUT2D eigenvalue weighted by atomic mass is 10.1. The molecule has 2 heterocycles. The number of carbonyl (C=O) groups excluding carboxylic acids is 4. The van der Waals surface area contributed by atoms with Crippen molar-refractivity contribution in [3.63, 3.8) is 0 Å². The van der Waals surface area contributed by atoms with E-state index in [1.165, 1.54) is 4.90 Å². The van der Waals surface area contributed by atoms with Crippen molar-refractivity contribution in [2.45, 2.75) is 45.3 Å². The largest absolute Gasteiger partial charge is 0.494 e. The Labute approximate surface area is 192 Å². The zero-order chi connectivity index (χ0) is 23.9. The molecule has 1 aromatic carbocycles. The number of benzene rings is 1. The molecule has 1 unspecified atom stereocenters. The standard InChI is InChI=1S/C23H30N4O6/c1-23(2,3)33-22(31)26-11-9-25(10-12-26)16-6-5-14-15(20(16)32-4)13-17(19(14)29)27-8-7-18(28)24-21(27)30/h5-6,17H,7-13H2,1-4H3,(H,24,28,30). The lowest BCUT2D eigenvalue weighted by Gasteiger charge is -2.37. The summed E-state index contributed by atoms with van der Waals surface area (Å²) >= 11 is 0. The highest BCUT2D eigenvalue weighted by molar-refractivity contribution is 6.08. The molecule has 1 aliphatic carbocycles. The van der Waals surface area contributed by atoms with Crippen LogP contribution < -0.4 is 15.0 Å². The van der Waals surface area contributed by atoms with E-state index in [2.05, 4.69) is 10.2 Å². The molecular formula is C23H30N4O6. The molecule has 10 nitrogen and oxygen atoms in total. The van der Waals surface area contributed by atoms with Gasteiger partial charge in [-0.05, 0) is 32.9 Å². The van der Waals surface area contributed by atoms with Gasteiger partial charge in [0.2, 0.25) is 5.91 Å². The van der Waals surface area contributed by atoms with E-state index in [4.69, 9.17) is 9.47 Å². The van der Waals surface area contributed by atoms with Gasteiger partial charge in [-0.15, -0.1) is 0 Å². The third-order valence-corrected chi connectivity index (χ3v) is 6.14. The monoisotopic (exact) mass is 458 g/mol. The molecule has 0 aromatic heterocycles. The van der Waals surface area contributed by atoms with Gasteiger partial charge >= 0.3 is 12.1 Å². The van der Waals surface area contributed by atoms with Crippen molar-refractivity contribution < 1.29 is 28.7 Å². The van der Waals surface area contributed by atoms with Crippen LogP contribution in [0.5, 0.6) is 5.75 Å². The normalized spacial score (nSPS) is 21.2. The highest BCUT2D eigenvalue weighted by Gasteiger charge is 2.41. The Bertz CT molecular complexity index is 993.